The van der Waals surface area contributed by atoms with E-state index >= 15 is 0 Å². The summed E-state index contributed by atoms with van der Waals surface area (Å²) in [5.74, 6) is 0.278. The molecule has 0 spiro atoms. The van der Waals surface area contributed by atoms with Crippen LogP contribution in [0.1, 0.15) is 77.7 Å². The van der Waals surface area contributed by atoms with Crippen molar-refractivity contribution in [2.24, 2.45) is 21.6 Å². The number of nitro benzene ring substituents is 2. The minimum Gasteiger partial charge on any atom is -0.497 e. The third-order valence-corrected chi connectivity index (χ3v) is 20.4. The fourth-order valence-electron chi connectivity index (χ4n) is 8.92. The van der Waals surface area contributed by atoms with Gasteiger partial charge in [-0.15, -0.1) is 0 Å². The number of aliphatic imine (C=N–C) groups is 1. The van der Waals surface area contributed by atoms with Crippen LogP contribution in [-0.4, -0.2) is 158 Å². The second-order valence-electron chi connectivity index (χ2n) is 22.1. The number of nitrogens with two attached hydrogens (primary N) is 1. The van der Waals surface area contributed by atoms with Crippen LogP contribution in [0.5, 0.6) is 11.5 Å². The second-order valence-corrected chi connectivity index (χ2v) is 30.9. The van der Waals surface area contributed by atoms with Gasteiger partial charge in [-0.3, -0.25) is 34.1 Å². The lowest BCUT2D eigenvalue weighted by molar-refractivity contribution is -0.386. The lowest BCUT2D eigenvalue weighted by Crippen LogP contribution is -2.44. The van der Waals surface area contributed by atoms with Crippen LogP contribution in [0, 0.1) is 31.1 Å². The van der Waals surface area contributed by atoms with Crippen molar-refractivity contribution in [3.05, 3.63) is 116 Å². The molecule has 2 saturated heterocycles. The first kappa shape index (κ1) is 77.6. The summed E-state index contributed by atoms with van der Waals surface area (Å²) in [6.07, 6.45) is -6.53. The third-order valence-electron chi connectivity index (χ3n) is 12.8. The van der Waals surface area contributed by atoms with Crippen molar-refractivity contribution >= 4 is 70.1 Å². The predicted octanol–water partition coefficient (Wildman–Crippen LogP) is 4.87. The zero-order valence-corrected chi connectivity index (χ0v) is 55.1. The molecular formula is C46H69N7O33P6. The molecule has 0 saturated carbocycles. The number of amidine groups is 1. The predicted molar refractivity (Wildman–Crippen MR) is 312 cm³/mol. The van der Waals surface area contributed by atoms with Gasteiger partial charge in [0, 0.05) is 42.9 Å². The second kappa shape index (κ2) is 30.3. The minimum absolute atomic E-state index is 0.0234. The van der Waals surface area contributed by atoms with Crippen LogP contribution in [0.25, 0.3) is 0 Å². The Morgan fingerprint density at radius 2 is 1.03 bits per heavy atom. The summed E-state index contributed by atoms with van der Waals surface area (Å²) >= 11 is 0. The highest BCUT2D eigenvalue weighted by molar-refractivity contribution is 7.67. The van der Waals surface area contributed by atoms with Gasteiger partial charge >= 0.3 is 46.9 Å². The number of aliphatic hydroxyl groups excluding tert-OH is 2. The van der Waals surface area contributed by atoms with Gasteiger partial charge in [0.05, 0.1) is 91.6 Å². The van der Waals surface area contributed by atoms with Crippen LogP contribution in [-0.2, 0) is 77.4 Å². The molecular weight excluding hydrogens is 1360 g/mol. The number of benzene rings is 2. The summed E-state index contributed by atoms with van der Waals surface area (Å²) in [6.45, 7) is 16.1. The van der Waals surface area contributed by atoms with E-state index in [1.807, 2.05) is 20.8 Å². The van der Waals surface area contributed by atoms with E-state index in [9.17, 15) is 82.2 Å². The summed E-state index contributed by atoms with van der Waals surface area (Å²) in [4.78, 5) is 115. The molecule has 0 aromatic heterocycles. The lowest BCUT2D eigenvalue weighted by atomic mass is 9.83. The summed E-state index contributed by atoms with van der Waals surface area (Å²) in [5.41, 5.74) is 5.25. The molecule has 2 aromatic carbocycles. The molecule has 13 N–H and O–H groups in total. The number of carbonyl (C=O) groups excluding carboxylic acids is 1. The van der Waals surface area contributed by atoms with Crippen molar-refractivity contribution in [3.63, 3.8) is 0 Å². The van der Waals surface area contributed by atoms with E-state index < -0.39 is 136 Å². The molecule has 4 aliphatic rings. The Balaban J connectivity index is 0.000000334. The Labute approximate surface area is 522 Å². The van der Waals surface area contributed by atoms with E-state index in [-0.39, 0.29) is 71.6 Å². The van der Waals surface area contributed by atoms with Crippen LogP contribution < -0.4 is 20.5 Å². The maximum atomic E-state index is 12.8. The van der Waals surface area contributed by atoms with Crippen LogP contribution in [0.3, 0.4) is 0 Å². The van der Waals surface area contributed by atoms with Crippen LogP contribution >= 0.6 is 46.9 Å². The molecule has 0 aliphatic carbocycles. The first-order valence-electron chi connectivity index (χ1n) is 26.2. The van der Waals surface area contributed by atoms with Crippen molar-refractivity contribution in [1.82, 2.24) is 15.1 Å². The van der Waals surface area contributed by atoms with Gasteiger partial charge in [-0.25, -0.2) is 32.4 Å². The zero-order chi connectivity index (χ0) is 69.7. The van der Waals surface area contributed by atoms with Gasteiger partial charge in [0.15, 0.2) is 0 Å². The molecule has 2 aromatic rings. The van der Waals surface area contributed by atoms with Gasteiger partial charge in [0.2, 0.25) is 0 Å². The number of nitro groups is 2. The van der Waals surface area contributed by atoms with Gasteiger partial charge in [-0.05, 0) is 35.1 Å². The molecule has 2 fully saturated rings. The largest absolute Gasteiger partial charge is 0.497 e. The van der Waals surface area contributed by atoms with Gasteiger partial charge < -0.3 is 98.6 Å². The summed E-state index contributed by atoms with van der Waals surface area (Å²) in [7, 11) is -30.7. The normalized spacial score (nSPS) is 24.1. The van der Waals surface area contributed by atoms with E-state index in [1.54, 1.807) is 20.8 Å². The smallest absolute Gasteiger partial charge is 0.490 e. The Morgan fingerprint density at radius 1 is 0.652 bits per heavy atom. The van der Waals surface area contributed by atoms with Crippen LogP contribution in [0.15, 0.2) is 89.7 Å². The average molecular weight is 1430 g/mol. The molecule has 6 rings (SSSR count). The fraction of sp³-hybridized carbons (Fsp3) is 0.522. The van der Waals surface area contributed by atoms with E-state index in [4.69, 9.17) is 53.7 Å². The Kier molecular flexibility index (Phi) is 25.6. The molecule has 4 heterocycles. The Bertz CT molecular complexity index is 3420. The molecule has 12 atom stereocenters. The van der Waals surface area contributed by atoms with Crippen molar-refractivity contribution in [2.45, 2.75) is 103 Å². The van der Waals surface area contributed by atoms with E-state index in [2.05, 4.69) is 49.8 Å². The number of nitrogens with one attached hydrogen (secondary N) is 1. The highest BCUT2D eigenvalue weighted by Crippen LogP contribution is 2.67. The number of nitrogens with zero attached hydrogens (tertiary/aromatic N) is 5. The monoisotopic (exact) mass is 1430 g/mol. The maximum Gasteiger partial charge on any atom is 0.490 e. The first-order chi connectivity index (χ1) is 42.0. The fourth-order valence-corrected chi connectivity index (χ4v) is 15.0. The number of phosphoric acid groups is 6. The van der Waals surface area contributed by atoms with Gasteiger partial charge in [0.1, 0.15) is 53.6 Å². The third kappa shape index (κ3) is 22.5. The number of methoxy groups -OCH3 is 2. The highest BCUT2D eigenvalue weighted by atomic mass is 31.3. The minimum atomic E-state index is -5.75. The van der Waals surface area contributed by atoms with Crippen LogP contribution in [0.2, 0.25) is 0 Å². The summed E-state index contributed by atoms with van der Waals surface area (Å²) < 4.78 is 127. The number of ether oxygens (including phenoxy) is 6. The number of amides is 1. The standard InChI is InChI=1S/C23H35N4O16P3.C23H34N3O17P3/c1-13-25-22(24)14(11-39-21(23(2,3)4)16-8-15(38-5)6-7-17(16)27(29)30)10-26(13)20-9-18(28)19(41-20)12-40-45(34,35)43-46(36,37)42-44(31,32)33;1-13-24-22(28)14(11-39-21(23(2,3)4)16-8-15(38-5)6-7-17(16)26(29)30)10-25(13)20-9-18(27)19(41-20)12-40-45(34,35)43-46(36,37)42-44(31,32)33/h6-8,10,18-21,28H,1,9,11-12H2,2-5H3,(H2,24,25)(H,34,35)(H,36,37)(H2,31,32,33);6-8,10,18-21,27H,1,9,11-12H2,2-5H3,(H,24,28)(H,34,35)(H,36,37)(H2,31,32,33)/t2*18?,19-,20-,21-/m11/s1. The summed E-state index contributed by atoms with van der Waals surface area (Å²) in [5, 5.41) is 47.1. The Hall–Kier alpha value is -5.08. The first-order valence-corrected chi connectivity index (χ1v) is 35.2. The number of aliphatic hydroxyl groups is 2. The number of rotatable bonds is 28. The van der Waals surface area contributed by atoms with Crippen molar-refractivity contribution in [3.8, 4) is 11.5 Å². The van der Waals surface area contributed by atoms with Gasteiger partial charge in [-0.1, -0.05) is 54.7 Å². The van der Waals surface area contributed by atoms with E-state index in [1.165, 1.54) is 72.8 Å². The average Bonchev–Trinajstić information content (AvgIpc) is 1.22. The van der Waals surface area contributed by atoms with Gasteiger partial charge in [0.25, 0.3) is 17.3 Å². The molecule has 6 unspecified atom stereocenters. The number of phosphoric ester groups is 2. The van der Waals surface area contributed by atoms with E-state index in [0.717, 1.165) is 0 Å². The summed E-state index contributed by atoms with van der Waals surface area (Å²) in [6, 6.07) is 8.51. The molecule has 40 nitrogen and oxygen atoms in total. The Morgan fingerprint density at radius 3 is 1.40 bits per heavy atom. The lowest BCUT2D eigenvalue weighted by Gasteiger charge is -2.35. The quantitative estimate of drug-likeness (QED) is 0.0307. The molecule has 46 heteroatoms. The molecule has 516 valence electrons. The number of hydrogen-bond acceptors (Lipinski definition) is 29. The molecule has 4 aliphatic heterocycles. The van der Waals surface area contributed by atoms with Crippen molar-refractivity contribution < 1.29 is 146 Å². The SMILES string of the molecule is C=C1N=C(N)C(CO[C@H](c2cc(OC)ccc2[N+](=O)[O-])C(C)(C)C)=CN1[C@H]1CC(O)[C@@H](COP(=O)(O)OP(=O)(O)OP(=O)(O)O)O1.C=C1NC(=O)C(CO[C@H](c2cc(OC)ccc2[N+](=O)[O-])C(C)(C)C)=CN1[C@H]1CC(O)[C@@H](COP(=O)(O)OP(=O)(O)OP(=O)(O)O)O1. The molecule has 0 bridgehead atoms. The molecule has 0 radical (unpaired) electrons. The van der Waals surface area contributed by atoms with Crippen LogP contribution in [0.4, 0.5) is 11.4 Å². The molecule has 1 amide bonds. The van der Waals surface area contributed by atoms with Crippen molar-refractivity contribution in [1.29, 1.82) is 0 Å². The number of hydrogen-bond donors (Lipinski definition) is 12. The number of carbonyl (C=O) groups is 1. The van der Waals surface area contributed by atoms with Gasteiger partial charge in [-0.2, -0.15) is 17.2 Å². The highest BCUT2D eigenvalue weighted by Gasteiger charge is 2.47. The topological polar surface area (TPSA) is 576 Å². The maximum absolute atomic E-state index is 12.8. The molecule has 92 heavy (non-hydrogen) atoms. The zero-order valence-electron chi connectivity index (χ0n) is 49.8. The van der Waals surface area contributed by atoms with Crippen molar-refractivity contribution in [2.75, 3.05) is 40.6 Å². The van der Waals surface area contributed by atoms with E-state index in [0.29, 0.717) is 17.1 Å².